The summed E-state index contributed by atoms with van der Waals surface area (Å²) >= 11 is 26.9. The molecule has 0 unspecified atom stereocenters. The number of hydrogen-bond acceptors (Lipinski definition) is 21. The van der Waals surface area contributed by atoms with E-state index in [0.717, 1.165) is 115 Å². The minimum Gasteiger partial charge on any atom is -0.480 e. The molecule has 14 nitrogen and oxygen atoms in total. The summed E-state index contributed by atoms with van der Waals surface area (Å²) in [5.41, 5.74) is 16.0. The predicted octanol–water partition coefficient (Wildman–Crippen LogP) is 27.2. The number of thioether (sulfide) groups is 2. The molecule has 2 saturated heterocycles. The third-order valence-corrected chi connectivity index (χ3v) is 38.5. The van der Waals surface area contributed by atoms with Crippen molar-refractivity contribution < 1.29 is 29.0 Å². The largest absolute Gasteiger partial charge is 0.480 e. The van der Waals surface area contributed by atoms with E-state index in [0.29, 0.717) is 51.5 Å². The van der Waals surface area contributed by atoms with Gasteiger partial charge in [0.15, 0.2) is 6.73 Å². The first-order valence-corrected chi connectivity index (χ1v) is 55.9. The first kappa shape index (κ1) is 94.9. The fourth-order valence-corrected chi connectivity index (χ4v) is 31.7. The van der Waals surface area contributed by atoms with Crippen LogP contribution in [0.15, 0.2) is 183 Å². The van der Waals surface area contributed by atoms with Gasteiger partial charge in [0.25, 0.3) is 29.4 Å². The van der Waals surface area contributed by atoms with Gasteiger partial charge in [-0.15, -0.1) is 79.4 Å². The van der Waals surface area contributed by atoms with E-state index in [-0.39, 0.29) is 29.0 Å². The number of anilines is 4. The highest BCUT2D eigenvalue weighted by Gasteiger charge is 2.36. The van der Waals surface area contributed by atoms with Gasteiger partial charge in [0.2, 0.25) is 0 Å². The minimum absolute atomic E-state index is 0.227. The molecule has 11 heterocycles. The lowest BCUT2D eigenvalue weighted by Crippen LogP contribution is -2.35. The fourth-order valence-electron chi connectivity index (χ4n) is 18.7. The smallest absolute Gasteiger partial charge is 0.323 e. The molecule has 8 aromatic carbocycles. The zero-order valence-electron chi connectivity index (χ0n) is 76.3. The van der Waals surface area contributed by atoms with Crippen LogP contribution >= 0.6 is 139 Å². The molecule has 134 heavy (non-hydrogen) atoms. The number of rotatable bonds is 34. The summed E-state index contributed by atoms with van der Waals surface area (Å²) in [6.07, 6.45) is 28.0. The van der Waals surface area contributed by atoms with Crippen molar-refractivity contribution in [3.8, 4) is 41.1 Å². The summed E-state index contributed by atoms with van der Waals surface area (Å²) < 4.78 is 15.3. The van der Waals surface area contributed by atoms with Crippen molar-refractivity contribution in [2.45, 2.75) is 206 Å². The van der Waals surface area contributed by atoms with Crippen LogP contribution in [-0.2, 0) is 69.3 Å². The molecule has 19 rings (SSSR count). The van der Waals surface area contributed by atoms with E-state index in [1.165, 1.54) is 256 Å². The molecule has 0 bridgehead atoms. The van der Waals surface area contributed by atoms with Crippen molar-refractivity contribution in [2.75, 3.05) is 36.0 Å². The Morgan fingerprint density at radius 3 is 1.56 bits per heavy atom. The normalized spacial score (nSPS) is 14.9. The number of fused-ring (bicyclic) bond motifs is 11. The number of para-hydroxylation sites is 2. The average Bonchev–Trinajstić information content (AvgIpc) is 1.68. The van der Waals surface area contributed by atoms with Gasteiger partial charge in [-0.05, 0) is 259 Å². The lowest BCUT2D eigenvalue weighted by atomic mass is 9.96. The summed E-state index contributed by atoms with van der Waals surface area (Å²) in [7, 11) is 0. The quantitative estimate of drug-likeness (QED) is 0.0231. The predicted molar refractivity (Wildman–Crippen MR) is 583 cm³/mol. The molecule has 2 amide bonds. The third kappa shape index (κ3) is 19.7. The van der Waals surface area contributed by atoms with Crippen molar-refractivity contribution in [3.63, 3.8) is 0 Å². The second-order valence-electron chi connectivity index (χ2n) is 34.5. The summed E-state index contributed by atoms with van der Waals surface area (Å²) in [4.78, 5) is 97.0. The maximum Gasteiger partial charge on any atom is 0.323 e. The Kier molecular flexibility index (Phi) is 30.3. The Morgan fingerprint density at radius 2 is 0.933 bits per heavy atom. The van der Waals surface area contributed by atoms with Crippen LogP contribution in [0, 0.1) is 0 Å². The maximum atomic E-state index is 14.3. The molecule has 4 aliphatic rings. The van der Waals surface area contributed by atoms with Gasteiger partial charge in [0.05, 0.1) is 29.8 Å². The molecule has 26 heteroatoms. The molecule has 0 atom stereocenters. The number of thiocarbonyl (C=S) groups is 2. The van der Waals surface area contributed by atoms with E-state index in [1.54, 1.807) is 22.3 Å². The van der Waals surface area contributed by atoms with Gasteiger partial charge in [0, 0.05) is 96.8 Å². The van der Waals surface area contributed by atoms with E-state index >= 15 is 0 Å². The molecule has 0 radical (unpaired) electrons. The van der Waals surface area contributed by atoms with Gasteiger partial charge in [-0.25, -0.2) is 0 Å². The topological polar surface area (TPSA) is 155 Å². The van der Waals surface area contributed by atoms with Gasteiger partial charge in [-0.2, -0.15) is 0 Å². The number of thiazole rings is 2. The number of amides is 2. The van der Waals surface area contributed by atoms with Gasteiger partial charge in [0.1, 0.15) is 34.3 Å². The second-order valence-corrected chi connectivity index (χ2v) is 46.2. The number of carboxylic acids is 1. The molecule has 688 valence electrons. The number of thiophene rings is 5. The molecule has 0 saturated carbocycles. The molecular weight excluding hydrogens is 1890 g/mol. The van der Waals surface area contributed by atoms with Crippen molar-refractivity contribution in [3.05, 3.63) is 241 Å². The Labute approximate surface area is 832 Å². The molecule has 0 spiro atoms. The number of nitrogens with zero attached hydrogens (tertiary/aromatic N) is 6. The molecule has 1 N–H and O–H groups in total. The van der Waals surface area contributed by atoms with Crippen LogP contribution in [0.4, 0.5) is 22.7 Å². The first-order chi connectivity index (χ1) is 65.4. The van der Waals surface area contributed by atoms with Gasteiger partial charge in [-0.3, -0.25) is 47.7 Å². The second kappa shape index (κ2) is 42.7. The highest BCUT2D eigenvalue weighted by molar-refractivity contribution is 8.30. The Balaban J connectivity index is 0.000000182. The first-order valence-electron chi connectivity index (χ1n) is 46.9. The highest BCUT2D eigenvalue weighted by Crippen LogP contribution is 2.54. The standard InChI is InChI=1S/C59H71N3O4S7.C49H35N3O4S5/c1-6-11-15-19-25-40-34-50(69-48(40)37-52-56(64)62(38-66-39-63)58(72-52)55-57(65)60(10-5)59(67)73-55)53-43(27-21-17-13-8-3)36-51(71-53)54-42(26-20-16-12-7-2)35-47(70-54)41-30-31-45-49(33-41)68-46-29-23-22-28-44(46)61(45)32-24-18-14-9-4;1-3-50-37-8-6-5-7-27(37)11-14-32-19-29(15-16-38(32)50)28-12-13-31-24-40-36(22-34(31)20-28)44-43(59-40)35-21-33-17-26(9-10-30(33)23-39(35)58-44)18-41-46(55)52(25-42(53)54)48(60-41)45-47(56)51(4-2)49(57)61-45/h22-23,28-31,33-37,39H,6-21,24-27,32,38H2,1-5H3;5-10,12-13,15-24H,3-4,11,14,25H2,1-2H3,(H,53,54)/b52-37+,58-55+;41-18+,48-45+. The van der Waals surface area contributed by atoms with Crippen LogP contribution in [0.2, 0.25) is 0 Å². The Morgan fingerprint density at radius 1 is 0.425 bits per heavy atom. The Bertz CT molecular complexity index is 7520. The number of aliphatic carboxylic acids is 1. The number of unbranched alkanes of at least 4 members (excludes halogenated alkanes) is 12. The van der Waals surface area contributed by atoms with E-state index in [2.05, 4.69) is 202 Å². The number of carbonyl (C=O) groups is 4. The van der Waals surface area contributed by atoms with Crippen molar-refractivity contribution in [1.29, 1.82) is 0 Å². The van der Waals surface area contributed by atoms with Crippen molar-refractivity contribution in [2.24, 2.45) is 0 Å². The van der Waals surface area contributed by atoms with Crippen LogP contribution in [0.25, 0.3) is 114 Å². The molecule has 4 aliphatic heterocycles. The SMILES string of the molecule is CCCCCCc1cc(-c2sc(-c3sc(-c4ccc5c(c4)Sc4ccccc4N5CCCCCC)cc3CCCCCC)cc2CCCCCC)sc1/C=c1/s/c(=C2/SC(=S)N(CC)C2=O)n(COC=O)c1=O.CCN1C(=O)/C(=c2\s/c(=C/c3ccc4cc5sc6c7cc8cc(-c9ccc%10c(c9)CCc9ccccc9N%10CC)ccc8cc7sc6c5cc4c3)c(=O)n2CC(=O)O)SC1=S. The van der Waals surface area contributed by atoms with E-state index in [1.807, 2.05) is 83.1 Å². The number of carbonyl (C=O) groups excluding carboxylic acids is 3. The molecule has 2 fully saturated rings. The lowest BCUT2D eigenvalue weighted by Gasteiger charge is -2.33. The lowest BCUT2D eigenvalue weighted by molar-refractivity contribution is -0.138. The van der Waals surface area contributed by atoms with Crippen LogP contribution in [0.3, 0.4) is 0 Å². The average molecular weight is 2000 g/mol. The summed E-state index contributed by atoms with van der Waals surface area (Å²) in [5, 5.41) is 16.7. The van der Waals surface area contributed by atoms with Gasteiger partial charge < -0.3 is 19.6 Å². The zero-order chi connectivity index (χ0) is 93.0. The third-order valence-electron chi connectivity index (χ3n) is 25.6. The molecule has 0 aliphatic carbocycles. The summed E-state index contributed by atoms with van der Waals surface area (Å²) in [5.74, 6) is -1.70. The van der Waals surface area contributed by atoms with E-state index in [9.17, 15) is 33.9 Å². The molecular formula is C108H106N6O8S12. The fraction of sp³-hybridized carbons (Fsp3) is 0.315. The van der Waals surface area contributed by atoms with Crippen molar-refractivity contribution >= 4 is 268 Å². The van der Waals surface area contributed by atoms with Crippen LogP contribution in [0.1, 0.15) is 189 Å². The summed E-state index contributed by atoms with van der Waals surface area (Å²) in [6, 6.07) is 61.5. The van der Waals surface area contributed by atoms with Gasteiger partial charge >= 0.3 is 5.97 Å². The Hall–Kier alpha value is -9.39. The van der Waals surface area contributed by atoms with E-state index in [4.69, 9.17) is 29.2 Å². The molecule has 7 aromatic heterocycles. The highest BCUT2D eigenvalue weighted by atomic mass is 32.2. The zero-order valence-corrected chi connectivity index (χ0v) is 86.1. The number of carboxylic acid groups (broad SMARTS) is 1. The summed E-state index contributed by atoms with van der Waals surface area (Å²) in [6.45, 7) is 17.3. The van der Waals surface area contributed by atoms with Crippen LogP contribution in [0.5, 0.6) is 0 Å². The van der Waals surface area contributed by atoms with Crippen LogP contribution in [-0.4, -0.2) is 83.1 Å². The number of benzene rings is 8. The van der Waals surface area contributed by atoms with E-state index < -0.39 is 18.1 Å². The van der Waals surface area contributed by atoms with Crippen molar-refractivity contribution in [1.82, 2.24) is 18.9 Å². The number of ether oxygens (including phenoxy) is 1. The maximum absolute atomic E-state index is 14.3. The number of aryl methyl sites for hydroxylation is 5. The minimum atomic E-state index is -1.16. The number of aromatic nitrogens is 2. The van der Waals surface area contributed by atoms with Crippen LogP contribution < -0.4 is 39.3 Å². The molecule has 15 aromatic rings. The number of hydrogen-bond donors (Lipinski definition) is 1. The monoisotopic (exact) mass is 2000 g/mol. The van der Waals surface area contributed by atoms with Gasteiger partial charge in [-0.1, -0.05) is 231 Å².